The number of hydrogen-bond acceptors (Lipinski definition) is 6. The number of benzene rings is 2. The van der Waals surface area contributed by atoms with Gasteiger partial charge >= 0.3 is 0 Å². The largest absolute Gasteiger partial charge is 0.450 e. The second kappa shape index (κ2) is 8.03. The van der Waals surface area contributed by atoms with Crippen molar-refractivity contribution in [2.75, 3.05) is 0 Å². The number of allylic oxidation sites excluding steroid dienone is 1. The van der Waals surface area contributed by atoms with Gasteiger partial charge in [-0.1, -0.05) is 47.7 Å². The fourth-order valence-electron chi connectivity index (χ4n) is 4.67. The van der Waals surface area contributed by atoms with Crippen molar-refractivity contribution < 1.29 is 9.34 Å². The third-order valence-electron chi connectivity index (χ3n) is 6.14. The Hall–Kier alpha value is -3.56. The van der Waals surface area contributed by atoms with Crippen molar-refractivity contribution in [3.63, 3.8) is 0 Å². The van der Waals surface area contributed by atoms with Gasteiger partial charge in [0.15, 0.2) is 9.47 Å². The van der Waals surface area contributed by atoms with Crippen molar-refractivity contribution in [2.45, 2.75) is 18.9 Å². The third-order valence-corrected chi connectivity index (χ3v) is 7.55. The number of fused-ring (bicyclic) bond motifs is 3. The summed E-state index contributed by atoms with van der Waals surface area (Å²) >= 11 is 4.58. The summed E-state index contributed by atoms with van der Waals surface area (Å²) in [6.07, 6.45) is 3.24. The van der Waals surface area contributed by atoms with Crippen LogP contribution in [0.2, 0.25) is 0 Å². The number of furan rings is 1. The Balaban J connectivity index is 1.64. The molecule has 4 aromatic rings. The Morgan fingerprint density at radius 2 is 2.00 bits per heavy atom. The van der Waals surface area contributed by atoms with E-state index >= 15 is 0 Å². The molecule has 34 heavy (non-hydrogen) atoms. The van der Waals surface area contributed by atoms with E-state index in [1.165, 1.54) is 23.0 Å². The predicted octanol–water partition coefficient (Wildman–Crippen LogP) is 4.58. The number of nitro benzene ring substituents is 1. The Labute approximate surface area is 205 Å². The van der Waals surface area contributed by atoms with Gasteiger partial charge in [-0.05, 0) is 57.6 Å². The lowest BCUT2D eigenvalue weighted by Gasteiger charge is -2.30. The lowest BCUT2D eigenvalue weighted by molar-refractivity contribution is -0.384. The van der Waals surface area contributed by atoms with Crippen LogP contribution in [0.5, 0.6) is 0 Å². The van der Waals surface area contributed by atoms with E-state index in [2.05, 4.69) is 22.0 Å². The van der Waals surface area contributed by atoms with Crippen LogP contribution in [0.3, 0.4) is 0 Å². The van der Waals surface area contributed by atoms with Gasteiger partial charge in [0.2, 0.25) is 0 Å². The number of rotatable bonds is 3. The number of aryl methyl sites for hydroxylation is 1. The topological polar surface area (TPSA) is 90.6 Å². The van der Waals surface area contributed by atoms with Crippen LogP contribution in [0.15, 0.2) is 85.1 Å². The van der Waals surface area contributed by atoms with Crippen LogP contribution in [0.4, 0.5) is 5.69 Å². The minimum absolute atomic E-state index is 0.00424. The number of nitrogens with zero attached hydrogens (tertiary/aromatic N) is 3. The molecule has 168 valence electrons. The van der Waals surface area contributed by atoms with E-state index in [0.717, 1.165) is 29.7 Å². The zero-order valence-corrected chi connectivity index (χ0v) is 20.0. The molecule has 0 radical (unpaired) electrons. The van der Waals surface area contributed by atoms with Crippen LogP contribution >= 0.6 is 27.3 Å². The number of hydrogen-bond donors (Lipinski definition) is 0. The second-order valence-corrected chi connectivity index (χ2v) is 9.90. The minimum Gasteiger partial charge on any atom is -0.450 e. The van der Waals surface area contributed by atoms with Gasteiger partial charge in [0.05, 0.1) is 21.2 Å². The first-order valence-electron chi connectivity index (χ1n) is 10.6. The zero-order valence-electron chi connectivity index (χ0n) is 17.6. The summed E-state index contributed by atoms with van der Waals surface area (Å²) in [6.45, 7) is 0. The monoisotopic (exact) mass is 533 g/mol. The quantitative estimate of drug-likeness (QED) is 0.284. The second-order valence-electron chi connectivity index (χ2n) is 8.11. The molecule has 0 unspecified atom stereocenters. The molecule has 0 spiro atoms. The van der Waals surface area contributed by atoms with E-state index in [1.54, 1.807) is 34.9 Å². The van der Waals surface area contributed by atoms with Gasteiger partial charge < -0.3 is 4.42 Å². The average molecular weight is 534 g/mol. The van der Waals surface area contributed by atoms with Gasteiger partial charge in [0.1, 0.15) is 5.76 Å². The third kappa shape index (κ3) is 3.39. The summed E-state index contributed by atoms with van der Waals surface area (Å²) in [7, 11) is 0. The lowest BCUT2D eigenvalue weighted by Crippen LogP contribution is -2.38. The van der Waals surface area contributed by atoms with Crippen LogP contribution < -0.4 is 14.9 Å². The van der Waals surface area contributed by atoms with Gasteiger partial charge in [-0.25, -0.2) is 4.99 Å². The first-order chi connectivity index (χ1) is 16.5. The highest BCUT2D eigenvalue weighted by Crippen LogP contribution is 2.41. The molecule has 7 nitrogen and oxygen atoms in total. The zero-order chi connectivity index (χ0) is 23.4. The van der Waals surface area contributed by atoms with Crippen molar-refractivity contribution in [3.05, 3.63) is 123 Å². The average Bonchev–Trinajstić information content (AvgIpc) is 3.40. The number of halogens is 1. The Kier molecular flexibility index (Phi) is 4.96. The number of nitro groups is 1. The Bertz CT molecular complexity index is 1700. The van der Waals surface area contributed by atoms with Gasteiger partial charge in [-0.2, -0.15) is 0 Å². The van der Waals surface area contributed by atoms with Crippen molar-refractivity contribution in [3.8, 4) is 0 Å². The van der Waals surface area contributed by atoms with Crippen molar-refractivity contribution in [1.29, 1.82) is 0 Å². The Morgan fingerprint density at radius 1 is 1.15 bits per heavy atom. The molecule has 1 aliphatic carbocycles. The fraction of sp³-hybridized carbons (Fsp3) is 0.120. The SMILES string of the molecule is O=c1/c(=C/c2ccc(Br)o2)sc2n1[C@@H](c1cccc([N+](=O)[O-])c1)C1=C(N=2)c2ccccc2CC1. The van der Waals surface area contributed by atoms with E-state index in [9.17, 15) is 14.9 Å². The summed E-state index contributed by atoms with van der Waals surface area (Å²) in [6, 6.07) is 17.8. The lowest BCUT2D eigenvalue weighted by atomic mass is 9.83. The van der Waals surface area contributed by atoms with Crippen molar-refractivity contribution in [2.24, 2.45) is 4.99 Å². The highest BCUT2D eigenvalue weighted by molar-refractivity contribution is 9.10. The van der Waals surface area contributed by atoms with Gasteiger partial charge in [-0.15, -0.1) is 0 Å². The Morgan fingerprint density at radius 3 is 2.79 bits per heavy atom. The standard InChI is InChI=1S/C25H16BrN3O4S/c26-21-11-9-17(33-21)13-20-24(30)28-23(15-5-3-6-16(12-15)29(31)32)19-10-8-14-4-1-2-7-18(14)22(19)27-25(28)34-20/h1-7,9,11-13,23H,8,10H2/b20-13-/t23-/m0/s1. The van der Waals surface area contributed by atoms with Crippen molar-refractivity contribution in [1.82, 2.24) is 4.57 Å². The van der Waals surface area contributed by atoms with Gasteiger partial charge in [-0.3, -0.25) is 19.5 Å². The van der Waals surface area contributed by atoms with Crippen LogP contribution in [-0.2, 0) is 6.42 Å². The highest BCUT2D eigenvalue weighted by Gasteiger charge is 2.33. The van der Waals surface area contributed by atoms with Crippen LogP contribution in [0.1, 0.15) is 34.9 Å². The maximum absolute atomic E-state index is 13.6. The molecule has 0 saturated heterocycles. The summed E-state index contributed by atoms with van der Waals surface area (Å²) in [5.41, 5.74) is 4.61. The van der Waals surface area contributed by atoms with E-state index < -0.39 is 11.0 Å². The molecule has 3 heterocycles. The summed E-state index contributed by atoms with van der Waals surface area (Å²) in [5, 5.41) is 11.5. The predicted molar refractivity (Wildman–Crippen MR) is 132 cm³/mol. The number of non-ortho nitro benzene ring substituents is 1. The fourth-order valence-corrected chi connectivity index (χ4v) is 5.97. The molecule has 0 bridgehead atoms. The maximum Gasteiger partial charge on any atom is 0.271 e. The summed E-state index contributed by atoms with van der Waals surface area (Å²) in [5.74, 6) is 0.554. The normalized spacial score (nSPS) is 17.1. The maximum atomic E-state index is 13.6. The molecule has 9 heteroatoms. The summed E-state index contributed by atoms with van der Waals surface area (Å²) in [4.78, 5) is 30.2. The molecular formula is C25H16BrN3O4S. The van der Waals surface area contributed by atoms with E-state index in [0.29, 0.717) is 25.3 Å². The molecule has 0 fully saturated rings. The van der Waals surface area contributed by atoms with Crippen LogP contribution in [-0.4, -0.2) is 9.49 Å². The first kappa shape index (κ1) is 21.0. The minimum atomic E-state index is -0.468. The molecule has 1 aliphatic heterocycles. The molecule has 2 aliphatic rings. The first-order valence-corrected chi connectivity index (χ1v) is 12.2. The smallest absolute Gasteiger partial charge is 0.271 e. The highest BCUT2D eigenvalue weighted by atomic mass is 79.9. The molecular weight excluding hydrogens is 518 g/mol. The van der Waals surface area contributed by atoms with E-state index in [4.69, 9.17) is 9.41 Å². The molecule has 0 saturated carbocycles. The van der Waals surface area contributed by atoms with Crippen LogP contribution in [0, 0.1) is 10.1 Å². The molecule has 0 N–H and O–H groups in total. The van der Waals surface area contributed by atoms with E-state index in [-0.39, 0.29) is 11.2 Å². The van der Waals surface area contributed by atoms with Gasteiger partial charge in [0.25, 0.3) is 11.2 Å². The summed E-state index contributed by atoms with van der Waals surface area (Å²) < 4.78 is 8.31. The number of thiazole rings is 1. The van der Waals surface area contributed by atoms with Crippen LogP contribution in [0.25, 0.3) is 11.8 Å². The van der Waals surface area contributed by atoms with E-state index in [1.807, 2.05) is 24.3 Å². The molecule has 2 aromatic heterocycles. The number of aromatic nitrogens is 1. The van der Waals surface area contributed by atoms with Crippen molar-refractivity contribution >= 4 is 44.7 Å². The molecule has 1 atom stereocenters. The molecule has 0 amide bonds. The van der Waals surface area contributed by atoms with Gasteiger partial charge in [0, 0.05) is 23.8 Å². The molecule has 2 aromatic carbocycles. The molecule has 6 rings (SSSR count).